The first-order valence-electron chi connectivity index (χ1n) is 9.34. The van der Waals surface area contributed by atoms with Crippen LogP contribution in [0.1, 0.15) is 23.6 Å². The standard InChI is InChI=1S/C22H21BrN2O4S/c1-4-29-17-9-8-16(23)10-15(17)11-18-21(27)25(22(28)30-18)12-19(26)24-20-13(2)6-5-7-14(20)3/h5-11H,4,12H2,1-3H3,(H,24,26)/b18-11+. The lowest BCUT2D eigenvalue weighted by Gasteiger charge is -2.15. The minimum Gasteiger partial charge on any atom is -0.493 e. The molecule has 1 aliphatic heterocycles. The van der Waals surface area contributed by atoms with Gasteiger partial charge in [-0.1, -0.05) is 34.1 Å². The first-order valence-corrected chi connectivity index (χ1v) is 10.9. The van der Waals surface area contributed by atoms with Gasteiger partial charge < -0.3 is 10.1 Å². The van der Waals surface area contributed by atoms with E-state index in [-0.39, 0.29) is 11.4 Å². The van der Waals surface area contributed by atoms with Gasteiger partial charge in [0.05, 0.1) is 11.5 Å². The zero-order valence-corrected chi connectivity index (χ0v) is 19.2. The molecular formula is C22H21BrN2O4S. The maximum absolute atomic E-state index is 12.8. The number of nitrogens with zero attached hydrogens (tertiary/aromatic N) is 1. The number of rotatable bonds is 6. The van der Waals surface area contributed by atoms with Gasteiger partial charge in [0.1, 0.15) is 12.3 Å². The Labute approximate surface area is 187 Å². The van der Waals surface area contributed by atoms with Crippen molar-refractivity contribution in [3.8, 4) is 5.75 Å². The number of carbonyl (C=O) groups is 3. The third kappa shape index (κ3) is 4.94. The predicted molar refractivity (Wildman–Crippen MR) is 123 cm³/mol. The fraction of sp³-hybridized carbons (Fsp3) is 0.227. The number of nitrogens with one attached hydrogen (secondary N) is 1. The minimum absolute atomic E-state index is 0.249. The second-order valence-electron chi connectivity index (χ2n) is 6.70. The van der Waals surface area contributed by atoms with Gasteiger partial charge in [-0.3, -0.25) is 19.3 Å². The lowest BCUT2D eigenvalue weighted by molar-refractivity contribution is -0.127. The number of halogens is 1. The highest BCUT2D eigenvalue weighted by Crippen LogP contribution is 2.35. The van der Waals surface area contributed by atoms with Gasteiger partial charge in [-0.15, -0.1) is 0 Å². The molecule has 1 fully saturated rings. The summed E-state index contributed by atoms with van der Waals surface area (Å²) in [5.41, 5.74) is 3.20. The van der Waals surface area contributed by atoms with Crippen LogP contribution >= 0.6 is 27.7 Å². The third-order valence-corrected chi connectivity index (χ3v) is 5.88. The summed E-state index contributed by atoms with van der Waals surface area (Å²) in [5.74, 6) is -0.308. The van der Waals surface area contributed by atoms with Gasteiger partial charge in [-0.25, -0.2) is 0 Å². The summed E-state index contributed by atoms with van der Waals surface area (Å²) in [7, 11) is 0. The van der Waals surface area contributed by atoms with Crippen LogP contribution in [-0.4, -0.2) is 35.1 Å². The summed E-state index contributed by atoms with van der Waals surface area (Å²) >= 11 is 4.22. The normalized spacial score (nSPS) is 15.1. The summed E-state index contributed by atoms with van der Waals surface area (Å²) in [4.78, 5) is 38.9. The van der Waals surface area contributed by atoms with Gasteiger partial charge in [-0.2, -0.15) is 0 Å². The number of thioether (sulfide) groups is 1. The molecule has 0 atom stereocenters. The van der Waals surface area contributed by atoms with Crippen LogP contribution in [0.4, 0.5) is 10.5 Å². The Morgan fingerprint density at radius 1 is 1.20 bits per heavy atom. The van der Waals surface area contributed by atoms with Crippen LogP contribution in [0.2, 0.25) is 0 Å². The molecule has 1 N–H and O–H groups in total. The summed E-state index contributed by atoms with van der Waals surface area (Å²) < 4.78 is 6.42. The van der Waals surface area contributed by atoms with E-state index in [9.17, 15) is 14.4 Å². The molecule has 8 heteroatoms. The van der Waals surface area contributed by atoms with E-state index in [0.717, 1.165) is 32.3 Å². The molecule has 1 saturated heterocycles. The largest absolute Gasteiger partial charge is 0.493 e. The van der Waals surface area contributed by atoms with Gasteiger partial charge in [0.15, 0.2) is 0 Å². The van der Waals surface area contributed by atoms with Crippen molar-refractivity contribution in [2.45, 2.75) is 20.8 Å². The molecule has 0 saturated carbocycles. The van der Waals surface area contributed by atoms with Crippen molar-refractivity contribution in [3.05, 3.63) is 62.5 Å². The van der Waals surface area contributed by atoms with Gasteiger partial charge in [0.2, 0.25) is 5.91 Å². The number of carbonyl (C=O) groups excluding carboxylic acids is 3. The fourth-order valence-electron chi connectivity index (χ4n) is 3.03. The predicted octanol–water partition coefficient (Wildman–Crippen LogP) is 5.14. The molecule has 0 unspecified atom stereocenters. The fourth-order valence-corrected chi connectivity index (χ4v) is 4.24. The highest BCUT2D eigenvalue weighted by molar-refractivity contribution is 9.10. The molecule has 30 heavy (non-hydrogen) atoms. The Morgan fingerprint density at radius 3 is 2.57 bits per heavy atom. The lowest BCUT2D eigenvalue weighted by atomic mass is 10.1. The van der Waals surface area contributed by atoms with E-state index in [1.54, 1.807) is 12.1 Å². The second kappa shape index (κ2) is 9.49. The van der Waals surface area contributed by atoms with Crippen LogP contribution in [0, 0.1) is 13.8 Å². The topological polar surface area (TPSA) is 75.7 Å². The van der Waals surface area contributed by atoms with Gasteiger partial charge in [-0.05, 0) is 67.9 Å². The number of hydrogen-bond acceptors (Lipinski definition) is 5. The molecule has 2 aromatic carbocycles. The Kier molecular flexibility index (Phi) is 6.99. The second-order valence-corrected chi connectivity index (χ2v) is 8.61. The number of aryl methyl sites for hydroxylation is 2. The van der Waals surface area contributed by atoms with E-state index >= 15 is 0 Å². The van der Waals surface area contributed by atoms with E-state index in [4.69, 9.17) is 4.74 Å². The highest BCUT2D eigenvalue weighted by atomic mass is 79.9. The van der Waals surface area contributed by atoms with Crippen molar-refractivity contribution in [1.82, 2.24) is 4.90 Å². The molecule has 0 bridgehead atoms. The van der Waals surface area contributed by atoms with Crippen LogP contribution < -0.4 is 10.1 Å². The Morgan fingerprint density at radius 2 is 1.90 bits per heavy atom. The van der Waals surface area contributed by atoms with Crippen molar-refractivity contribution < 1.29 is 19.1 Å². The minimum atomic E-state index is -0.496. The van der Waals surface area contributed by atoms with Crippen LogP contribution in [-0.2, 0) is 9.59 Å². The molecule has 1 aliphatic rings. The Hall–Kier alpha value is -2.58. The molecule has 3 rings (SSSR count). The number of hydrogen-bond donors (Lipinski definition) is 1. The quantitative estimate of drug-likeness (QED) is 0.569. The number of imide groups is 1. The monoisotopic (exact) mass is 488 g/mol. The average Bonchev–Trinajstić information content (AvgIpc) is 2.94. The number of para-hydroxylation sites is 1. The third-order valence-electron chi connectivity index (χ3n) is 4.48. The molecule has 0 aromatic heterocycles. The van der Waals surface area contributed by atoms with Crippen molar-refractivity contribution in [3.63, 3.8) is 0 Å². The zero-order valence-electron chi connectivity index (χ0n) is 16.8. The summed E-state index contributed by atoms with van der Waals surface area (Å²) in [5, 5.41) is 2.33. The SMILES string of the molecule is CCOc1ccc(Br)cc1/C=C1/SC(=O)N(CC(=O)Nc2c(C)cccc2C)C1=O. The van der Waals surface area contributed by atoms with Crippen LogP contribution in [0.25, 0.3) is 6.08 Å². The molecule has 1 heterocycles. The van der Waals surface area contributed by atoms with Gasteiger partial charge in [0.25, 0.3) is 11.1 Å². The maximum atomic E-state index is 12.8. The summed E-state index contributed by atoms with van der Waals surface area (Å²) in [6.07, 6.45) is 1.62. The van der Waals surface area contributed by atoms with Crippen molar-refractivity contribution in [2.75, 3.05) is 18.5 Å². The molecule has 6 nitrogen and oxygen atoms in total. The smallest absolute Gasteiger partial charge is 0.294 e. The van der Waals surface area contributed by atoms with Crippen LogP contribution in [0.15, 0.2) is 45.8 Å². The van der Waals surface area contributed by atoms with Crippen molar-refractivity contribution in [2.24, 2.45) is 0 Å². The first kappa shape index (κ1) is 22.1. The lowest BCUT2D eigenvalue weighted by Crippen LogP contribution is -2.36. The zero-order chi connectivity index (χ0) is 21.8. The maximum Gasteiger partial charge on any atom is 0.294 e. The van der Waals surface area contributed by atoms with E-state index in [0.29, 0.717) is 23.6 Å². The molecule has 156 valence electrons. The van der Waals surface area contributed by atoms with Crippen LogP contribution in [0.3, 0.4) is 0 Å². The van der Waals surface area contributed by atoms with Gasteiger partial charge in [0, 0.05) is 15.7 Å². The van der Waals surface area contributed by atoms with Gasteiger partial charge >= 0.3 is 0 Å². The Balaban J connectivity index is 1.77. The van der Waals surface area contributed by atoms with E-state index in [1.807, 2.05) is 51.1 Å². The molecule has 2 aromatic rings. The number of amides is 3. The first-order chi connectivity index (χ1) is 14.3. The van der Waals surface area contributed by atoms with E-state index in [1.165, 1.54) is 0 Å². The number of anilines is 1. The van der Waals surface area contributed by atoms with E-state index in [2.05, 4.69) is 21.2 Å². The molecule has 3 amide bonds. The Bertz CT molecular complexity index is 1030. The summed E-state index contributed by atoms with van der Waals surface area (Å²) in [6, 6.07) is 11.1. The summed E-state index contributed by atoms with van der Waals surface area (Å²) in [6.45, 7) is 5.78. The molecule has 0 aliphatic carbocycles. The highest BCUT2D eigenvalue weighted by Gasteiger charge is 2.36. The van der Waals surface area contributed by atoms with Crippen LogP contribution in [0.5, 0.6) is 5.75 Å². The average molecular weight is 489 g/mol. The molecule has 0 radical (unpaired) electrons. The van der Waals surface area contributed by atoms with Crippen molar-refractivity contribution in [1.29, 1.82) is 0 Å². The van der Waals surface area contributed by atoms with Crippen molar-refractivity contribution >= 4 is 56.5 Å². The van der Waals surface area contributed by atoms with E-state index < -0.39 is 17.1 Å². The molecule has 0 spiro atoms. The number of ether oxygens (including phenoxy) is 1. The molecular weight excluding hydrogens is 468 g/mol. The number of benzene rings is 2.